The van der Waals surface area contributed by atoms with Gasteiger partial charge < -0.3 is 10.2 Å². The van der Waals surface area contributed by atoms with Gasteiger partial charge in [0.15, 0.2) is 0 Å². The summed E-state index contributed by atoms with van der Waals surface area (Å²) >= 11 is 0. The molecular formula is C17H25N5O2. The Balaban J connectivity index is 1.67. The molecule has 0 aliphatic carbocycles. The van der Waals surface area contributed by atoms with Gasteiger partial charge in [-0.05, 0) is 12.5 Å². The minimum Gasteiger partial charge on any atom is -0.338 e. The third-order valence-electron chi connectivity index (χ3n) is 4.70. The highest BCUT2D eigenvalue weighted by molar-refractivity contribution is 5.77. The van der Waals surface area contributed by atoms with Crippen molar-refractivity contribution >= 4 is 11.9 Å². The van der Waals surface area contributed by atoms with E-state index in [1.807, 2.05) is 30.0 Å². The number of urea groups is 1. The van der Waals surface area contributed by atoms with Crippen molar-refractivity contribution in [3.8, 4) is 0 Å². The number of nitrogens with zero attached hydrogens (tertiary/aromatic N) is 2. The summed E-state index contributed by atoms with van der Waals surface area (Å²) in [5.74, 6) is 0.0123. The fourth-order valence-electron chi connectivity index (χ4n) is 3.44. The van der Waals surface area contributed by atoms with Gasteiger partial charge in [0.2, 0.25) is 5.91 Å². The van der Waals surface area contributed by atoms with E-state index in [9.17, 15) is 9.59 Å². The fraction of sp³-hybridized carbons (Fsp3) is 0.529. The van der Waals surface area contributed by atoms with E-state index in [0.717, 1.165) is 18.7 Å². The molecule has 2 atom stereocenters. The summed E-state index contributed by atoms with van der Waals surface area (Å²) in [6.45, 7) is 5.49. The molecule has 1 aromatic rings. The smallest absolute Gasteiger partial charge is 0.317 e. The van der Waals surface area contributed by atoms with Gasteiger partial charge in [0, 0.05) is 45.2 Å². The molecule has 0 saturated carbocycles. The normalized spacial score (nSPS) is 25.2. The molecule has 2 aliphatic rings. The molecule has 7 nitrogen and oxygen atoms in total. The molecule has 0 spiro atoms. The first-order valence-corrected chi connectivity index (χ1v) is 8.55. The van der Waals surface area contributed by atoms with E-state index in [0.29, 0.717) is 26.1 Å². The molecule has 0 bridgehead atoms. The van der Waals surface area contributed by atoms with Crippen LogP contribution in [0.2, 0.25) is 0 Å². The van der Waals surface area contributed by atoms with Crippen LogP contribution >= 0.6 is 0 Å². The third kappa shape index (κ3) is 3.68. The van der Waals surface area contributed by atoms with Crippen molar-refractivity contribution in [2.75, 3.05) is 32.7 Å². The number of hydrazine groups is 1. The van der Waals surface area contributed by atoms with Crippen LogP contribution in [0.4, 0.5) is 4.79 Å². The third-order valence-corrected chi connectivity index (χ3v) is 4.70. The Kier molecular flexibility index (Phi) is 5.32. The van der Waals surface area contributed by atoms with Crippen LogP contribution in [0.3, 0.4) is 0 Å². The molecule has 2 aliphatic heterocycles. The summed E-state index contributed by atoms with van der Waals surface area (Å²) in [4.78, 5) is 28.0. The molecule has 24 heavy (non-hydrogen) atoms. The van der Waals surface area contributed by atoms with Gasteiger partial charge >= 0.3 is 6.03 Å². The highest BCUT2D eigenvalue weighted by Crippen LogP contribution is 2.26. The average molecular weight is 331 g/mol. The number of carbonyl (C=O) groups excluding carboxylic acids is 2. The van der Waals surface area contributed by atoms with Gasteiger partial charge in [-0.3, -0.25) is 15.1 Å². The zero-order valence-electron chi connectivity index (χ0n) is 14.0. The monoisotopic (exact) mass is 331 g/mol. The van der Waals surface area contributed by atoms with E-state index in [2.05, 4.69) is 33.2 Å². The number of hydrogen-bond donors (Lipinski definition) is 3. The van der Waals surface area contributed by atoms with Crippen molar-refractivity contribution in [3.63, 3.8) is 0 Å². The molecule has 7 heteroatoms. The molecule has 3 N–H and O–H groups in total. The highest BCUT2D eigenvalue weighted by atomic mass is 16.2. The molecule has 3 rings (SSSR count). The van der Waals surface area contributed by atoms with Crippen LogP contribution in [-0.2, 0) is 4.79 Å². The SMILES string of the molecule is CCNC(=O)N1CCN(C2CC(=O)NNC2c2ccccc2)CC1. The highest BCUT2D eigenvalue weighted by Gasteiger charge is 2.36. The van der Waals surface area contributed by atoms with Crippen LogP contribution < -0.4 is 16.2 Å². The second kappa shape index (κ2) is 7.63. The maximum absolute atomic E-state index is 11.9. The van der Waals surface area contributed by atoms with E-state index in [1.165, 1.54) is 0 Å². The Labute approximate surface area is 142 Å². The zero-order chi connectivity index (χ0) is 16.9. The number of benzene rings is 1. The van der Waals surface area contributed by atoms with E-state index in [4.69, 9.17) is 0 Å². The molecule has 2 heterocycles. The Hall–Kier alpha value is -2.12. The second-order valence-electron chi connectivity index (χ2n) is 6.21. The van der Waals surface area contributed by atoms with Gasteiger partial charge in [0.25, 0.3) is 0 Å². The minimum atomic E-state index is -0.00345. The molecule has 2 saturated heterocycles. The Morgan fingerprint density at radius 2 is 1.92 bits per heavy atom. The van der Waals surface area contributed by atoms with Gasteiger partial charge in [0.1, 0.15) is 0 Å². The largest absolute Gasteiger partial charge is 0.338 e. The number of piperazine rings is 1. The molecule has 130 valence electrons. The predicted molar refractivity (Wildman–Crippen MR) is 91.1 cm³/mol. The standard InChI is InChI=1S/C17H25N5O2/c1-2-18-17(24)22-10-8-21(9-11-22)14-12-15(23)19-20-16(14)13-6-4-3-5-7-13/h3-7,14,16,20H,2,8-12H2,1H3,(H,18,24)(H,19,23). The Morgan fingerprint density at radius 1 is 1.21 bits per heavy atom. The second-order valence-corrected chi connectivity index (χ2v) is 6.21. The van der Waals surface area contributed by atoms with Crippen LogP contribution in [0, 0.1) is 0 Å². The van der Waals surface area contributed by atoms with Crippen molar-refractivity contribution in [3.05, 3.63) is 35.9 Å². The summed E-state index contributed by atoms with van der Waals surface area (Å²) in [7, 11) is 0. The lowest BCUT2D eigenvalue weighted by molar-refractivity contribution is -0.127. The lowest BCUT2D eigenvalue weighted by Gasteiger charge is -2.44. The molecule has 3 amide bonds. The maximum atomic E-state index is 11.9. The molecule has 2 fully saturated rings. The van der Waals surface area contributed by atoms with Crippen molar-refractivity contribution in [2.45, 2.75) is 25.4 Å². The summed E-state index contributed by atoms with van der Waals surface area (Å²) in [6, 6.07) is 10.3. The van der Waals surface area contributed by atoms with Crippen LogP contribution in [0.5, 0.6) is 0 Å². The summed E-state index contributed by atoms with van der Waals surface area (Å²) in [5.41, 5.74) is 7.07. The van der Waals surface area contributed by atoms with Crippen molar-refractivity contribution in [2.24, 2.45) is 0 Å². The molecule has 2 unspecified atom stereocenters. The number of rotatable bonds is 3. The van der Waals surface area contributed by atoms with Crippen LogP contribution in [0.25, 0.3) is 0 Å². The molecular weight excluding hydrogens is 306 g/mol. The van der Waals surface area contributed by atoms with Gasteiger partial charge in [-0.15, -0.1) is 0 Å². The predicted octanol–water partition coefficient (Wildman–Crippen LogP) is 0.468. The number of nitrogens with one attached hydrogen (secondary N) is 3. The van der Waals surface area contributed by atoms with Crippen molar-refractivity contribution in [1.29, 1.82) is 0 Å². The molecule has 0 aromatic heterocycles. The summed E-state index contributed by atoms with van der Waals surface area (Å²) in [6.07, 6.45) is 0.466. The van der Waals surface area contributed by atoms with E-state index in [1.54, 1.807) is 0 Å². The minimum absolute atomic E-state index is 0.00345. The number of hydrogen-bond acceptors (Lipinski definition) is 4. The van der Waals surface area contributed by atoms with Gasteiger partial charge in [-0.2, -0.15) is 0 Å². The Morgan fingerprint density at radius 3 is 2.58 bits per heavy atom. The molecule has 0 radical (unpaired) electrons. The van der Waals surface area contributed by atoms with Crippen molar-refractivity contribution in [1.82, 2.24) is 26.0 Å². The van der Waals surface area contributed by atoms with Gasteiger partial charge in [0.05, 0.1) is 6.04 Å². The van der Waals surface area contributed by atoms with Crippen molar-refractivity contribution < 1.29 is 9.59 Å². The van der Waals surface area contributed by atoms with E-state index in [-0.39, 0.29) is 24.0 Å². The van der Waals surface area contributed by atoms with E-state index >= 15 is 0 Å². The quantitative estimate of drug-likeness (QED) is 0.752. The topological polar surface area (TPSA) is 76.7 Å². The van der Waals surface area contributed by atoms with Crippen LogP contribution in [-0.4, -0.2) is 60.5 Å². The first-order chi connectivity index (χ1) is 11.7. The average Bonchev–Trinajstić information content (AvgIpc) is 2.63. The van der Waals surface area contributed by atoms with Crippen LogP contribution in [0.15, 0.2) is 30.3 Å². The Bertz CT molecular complexity index is 572. The lowest BCUT2D eigenvalue weighted by atomic mass is 9.93. The number of amides is 3. The zero-order valence-corrected chi connectivity index (χ0v) is 14.0. The molecule has 1 aromatic carbocycles. The first kappa shape index (κ1) is 16.7. The maximum Gasteiger partial charge on any atom is 0.317 e. The van der Waals surface area contributed by atoms with Crippen LogP contribution in [0.1, 0.15) is 24.9 Å². The van der Waals surface area contributed by atoms with Gasteiger partial charge in [-0.1, -0.05) is 30.3 Å². The summed E-state index contributed by atoms with van der Waals surface area (Å²) in [5, 5.41) is 2.84. The van der Waals surface area contributed by atoms with Gasteiger partial charge in [-0.25, -0.2) is 10.2 Å². The van der Waals surface area contributed by atoms with E-state index < -0.39 is 0 Å². The first-order valence-electron chi connectivity index (χ1n) is 8.55. The lowest BCUT2D eigenvalue weighted by Crippen LogP contribution is -2.61. The fourth-order valence-corrected chi connectivity index (χ4v) is 3.44. The number of carbonyl (C=O) groups is 2. The summed E-state index contributed by atoms with van der Waals surface area (Å²) < 4.78 is 0.